The molecule has 0 bridgehead atoms. The molecule has 0 amide bonds. The van der Waals surface area contributed by atoms with Gasteiger partial charge in [0.1, 0.15) is 0 Å². The van der Waals surface area contributed by atoms with Gasteiger partial charge < -0.3 is 0 Å². The highest BCUT2D eigenvalue weighted by molar-refractivity contribution is 7.07. The van der Waals surface area contributed by atoms with Crippen LogP contribution in [0.2, 0.25) is 0 Å². The van der Waals surface area contributed by atoms with Crippen molar-refractivity contribution in [1.29, 1.82) is 0 Å². The smallest absolute Gasteiger partial charge is 0.0338 e. The van der Waals surface area contributed by atoms with Crippen LogP contribution in [0.5, 0.6) is 0 Å². The number of thiophene rings is 1. The normalized spacial score (nSPS) is 28.6. The summed E-state index contributed by atoms with van der Waals surface area (Å²) in [5.41, 5.74) is 1.51. The van der Waals surface area contributed by atoms with E-state index >= 15 is 0 Å². The number of rotatable bonds is 2. The fourth-order valence-corrected chi connectivity index (χ4v) is 3.41. The second-order valence-corrected chi connectivity index (χ2v) is 5.72. The Labute approximate surface area is 95.3 Å². The van der Waals surface area contributed by atoms with Crippen LogP contribution in [0.4, 0.5) is 0 Å². The molecule has 1 heterocycles. The first-order chi connectivity index (χ1) is 6.84. The summed E-state index contributed by atoms with van der Waals surface area (Å²) in [7, 11) is 0. The molecule has 1 aliphatic rings. The maximum absolute atomic E-state index is 6.26. The Morgan fingerprint density at radius 2 is 2.21 bits per heavy atom. The lowest BCUT2D eigenvalue weighted by Gasteiger charge is -2.14. The molecule has 2 heteroatoms. The van der Waals surface area contributed by atoms with Crippen LogP contribution in [0.1, 0.15) is 37.7 Å². The Kier molecular flexibility index (Phi) is 3.89. The molecule has 0 aliphatic heterocycles. The van der Waals surface area contributed by atoms with Crippen molar-refractivity contribution in [3.63, 3.8) is 0 Å². The fraction of sp³-hybridized carbons (Fsp3) is 0.667. The van der Waals surface area contributed by atoms with E-state index in [4.69, 9.17) is 11.6 Å². The van der Waals surface area contributed by atoms with Crippen molar-refractivity contribution in [3.05, 3.63) is 22.4 Å². The Bertz CT molecular complexity index is 255. The van der Waals surface area contributed by atoms with Crippen molar-refractivity contribution < 1.29 is 0 Å². The van der Waals surface area contributed by atoms with E-state index in [1.54, 1.807) is 11.3 Å². The van der Waals surface area contributed by atoms with Gasteiger partial charge >= 0.3 is 0 Å². The second kappa shape index (κ2) is 5.18. The van der Waals surface area contributed by atoms with Gasteiger partial charge in [0.2, 0.25) is 0 Å². The molecule has 2 rings (SSSR count). The lowest BCUT2D eigenvalue weighted by Crippen LogP contribution is -2.08. The second-order valence-electron chi connectivity index (χ2n) is 4.32. The lowest BCUT2D eigenvalue weighted by molar-refractivity contribution is 0.461. The molecule has 1 aliphatic carbocycles. The van der Waals surface area contributed by atoms with Crippen LogP contribution >= 0.6 is 22.9 Å². The first-order valence-electron chi connectivity index (χ1n) is 5.50. The van der Waals surface area contributed by atoms with Gasteiger partial charge in [0.15, 0.2) is 0 Å². The summed E-state index contributed by atoms with van der Waals surface area (Å²) in [6.07, 6.45) is 7.76. The molecule has 0 N–H and O–H groups in total. The fourth-order valence-electron chi connectivity index (χ4n) is 2.32. The van der Waals surface area contributed by atoms with E-state index in [1.165, 1.54) is 44.1 Å². The van der Waals surface area contributed by atoms with Crippen LogP contribution in [-0.4, -0.2) is 5.38 Å². The third-order valence-electron chi connectivity index (χ3n) is 3.07. The summed E-state index contributed by atoms with van der Waals surface area (Å²) < 4.78 is 0. The highest BCUT2D eigenvalue weighted by atomic mass is 35.5. The van der Waals surface area contributed by atoms with Gasteiger partial charge in [0.05, 0.1) is 0 Å². The molecule has 2 atom stereocenters. The summed E-state index contributed by atoms with van der Waals surface area (Å²) in [5.74, 6) is 0.828. The molecular weight excluding hydrogens is 212 g/mol. The molecule has 0 spiro atoms. The van der Waals surface area contributed by atoms with Crippen LogP contribution in [0.25, 0.3) is 0 Å². The predicted octanol–water partition coefficient (Wildman–Crippen LogP) is 4.48. The maximum atomic E-state index is 6.26. The first-order valence-corrected chi connectivity index (χ1v) is 6.87. The molecule has 0 radical (unpaired) electrons. The van der Waals surface area contributed by atoms with Crippen molar-refractivity contribution in [3.8, 4) is 0 Å². The SMILES string of the molecule is ClC1CCCCC(Cc2ccsc2)C1. The van der Waals surface area contributed by atoms with Gasteiger partial charge in [-0.1, -0.05) is 19.3 Å². The number of halogens is 1. The highest BCUT2D eigenvalue weighted by Gasteiger charge is 2.18. The lowest BCUT2D eigenvalue weighted by atomic mass is 9.94. The zero-order valence-electron chi connectivity index (χ0n) is 8.42. The molecule has 1 aromatic rings. The molecule has 0 aromatic carbocycles. The van der Waals surface area contributed by atoms with Crippen molar-refractivity contribution in [2.45, 2.75) is 43.9 Å². The van der Waals surface area contributed by atoms with Gasteiger partial charge in [-0.3, -0.25) is 0 Å². The summed E-state index contributed by atoms with van der Waals surface area (Å²) in [6, 6.07) is 2.25. The monoisotopic (exact) mass is 228 g/mol. The molecular formula is C12H17ClS. The Hall–Kier alpha value is -0.0100. The van der Waals surface area contributed by atoms with Crippen molar-refractivity contribution >= 4 is 22.9 Å². The number of alkyl halides is 1. The summed E-state index contributed by atoms with van der Waals surface area (Å²) in [5, 5.41) is 4.87. The van der Waals surface area contributed by atoms with Crippen LogP contribution in [0.15, 0.2) is 16.8 Å². The van der Waals surface area contributed by atoms with E-state index in [9.17, 15) is 0 Å². The summed E-state index contributed by atoms with van der Waals surface area (Å²) >= 11 is 8.06. The van der Waals surface area contributed by atoms with Crippen molar-refractivity contribution in [2.75, 3.05) is 0 Å². The Morgan fingerprint density at radius 3 is 3.00 bits per heavy atom. The quantitative estimate of drug-likeness (QED) is 0.517. The minimum atomic E-state index is 0.432. The molecule has 1 saturated carbocycles. The third-order valence-corrected chi connectivity index (χ3v) is 4.20. The van der Waals surface area contributed by atoms with E-state index in [0.29, 0.717) is 5.38 Å². The molecule has 0 nitrogen and oxygen atoms in total. The predicted molar refractivity (Wildman–Crippen MR) is 64.2 cm³/mol. The topological polar surface area (TPSA) is 0 Å². The van der Waals surface area contributed by atoms with Gasteiger partial charge in [0, 0.05) is 5.38 Å². The summed E-state index contributed by atoms with van der Waals surface area (Å²) in [6.45, 7) is 0. The zero-order valence-corrected chi connectivity index (χ0v) is 9.99. The van der Waals surface area contributed by atoms with Crippen LogP contribution < -0.4 is 0 Å². The zero-order chi connectivity index (χ0) is 9.80. The molecule has 1 fully saturated rings. The molecule has 1 aromatic heterocycles. The van der Waals surface area contributed by atoms with Crippen LogP contribution in [0.3, 0.4) is 0 Å². The van der Waals surface area contributed by atoms with Crippen LogP contribution in [-0.2, 0) is 6.42 Å². The first kappa shape index (κ1) is 10.5. The molecule has 2 unspecified atom stereocenters. The number of hydrogen-bond donors (Lipinski definition) is 0. The molecule has 78 valence electrons. The van der Waals surface area contributed by atoms with E-state index in [-0.39, 0.29) is 0 Å². The van der Waals surface area contributed by atoms with E-state index in [1.807, 2.05) is 0 Å². The average molecular weight is 229 g/mol. The minimum absolute atomic E-state index is 0.432. The standard InChI is InChI=1S/C12H17ClS/c13-12-4-2-1-3-10(8-12)7-11-5-6-14-9-11/h5-6,9-10,12H,1-4,7-8H2. The Balaban J connectivity index is 1.90. The van der Waals surface area contributed by atoms with E-state index in [2.05, 4.69) is 16.8 Å². The van der Waals surface area contributed by atoms with Crippen LogP contribution in [0, 0.1) is 5.92 Å². The van der Waals surface area contributed by atoms with E-state index < -0.39 is 0 Å². The van der Waals surface area contributed by atoms with Gasteiger partial charge in [-0.2, -0.15) is 11.3 Å². The average Bonchev–Trinajstić information content (AvgIpc) is 2.56. The molecule has 14 heavy (non-hydrogen) atoms. The van der Waals surface area contributed by atoms with Gasteiger partial charge in [0.25, 0.3) is 0 Å². The summed E-state index contributed by atoms with van der Waals surface area (Å²) in [4.78, 5) is 0. The van der Waals surface area contributed by atoms with E-state index in [0.717, 1.165) is 5.92 Å². The minimum Gasteiger partial charge on any atom is -0.152 e. The maximum Gasteiger partial charge on any atom is 0.0338 e. The molecule has 0 saturated heterocycles. The van der Waals surface area contributed by atoms with Gasteiger partial charge in [-0.15, -0.1) is 11.6 Å². The highest BCUT2D eigenvalue weighted by Crippen LogP contribution is 2.29. The number of hydrogen-bond acceptors (Lipinski definition) is 1. The van der Waals surface area contributed by atoms with Gasteiger partial charge in [-0.05, 0) is 47.6 Å². The Morgan fingerprint density at radius 1 is 1.36 bits per heavy atom. The third kappa shape index (κ3) is 2.99. The van der Waals surface area contributed by atoms with Crippen molar-refractivity contribution in [2.24, 2.45) is 5.92 Å². The van der Waals surface area contributed by atoms with Gasteiger partial charge in [-0.25, -0.2) is 0 Å². The van der Waals surface area contributed by atoms with Crippen molar-refractivity contribution in [1.82, 2.24) is 0 Å². The largest absolute Gasteiger partial charge is 0.152 e.